The average Bonchev–Trinajstić information content (AvgIpc) is 4.13. The topological polar surface area (TPSA) is 175 Å². The number of fused-ring (bicyclic) bond motifs is 2. The summed E-state index contributed by atoms with van der Waals surface area (Å²) in [6.07, 6.45) is 10.1. The molecule has 2 aromatic heterocycles. The molecule has 4 heterocycles. The van der Waals surface area contributed by atoms with Crippen LogP contribution in [0.1, 0.15) is 101 Å². The fourth-order valence-electron chi connectivity index (χ4n) is 10.3. The average molecular weight is 815 g/mol. The maximum absolute atomic E-state index is 14.0. The molecule has 9 rings (SSSR count). The van der Waals surface area contributed by atoms with E-state index >= 15 is 0 Å². The zero-order valence-corrected chi connectivity index (χ0v) is 34.4. The minimum atomic E-state index is -0.600. The number of carbonyl (C=O) groups is 4. The molecule has 4 fully saturated rings. The van der Waals surface area contributed by atoms with Crippen molar-refractivity contribution in [2.45, 2.75) is 101 Å². The molecule has 2 aliphatic heterocycles. The van der Waals surface area contributed by atoms with Gasteiger partial charge >= 0.3 is 12.2 Å². The molecule has 0 radical (unpaired) electrons. The van der Waals surface area contributed by atoms with Crippen molar-refractivity contribution in [1.29, 1.82) is 0 Å². The van der Waals surface area contributed by atoms with Gasteiger partial charge in [0.1, 0.15) is 23.7 Å². The van der Waals surface area contributed by atoms with Crippen molar-refractivity contribution in [3.63, 3.8) is 0 Å². The van der Waals surface area contributed by atoms with Gasteiger partial charge in [-0.3, -0.25) is 9.59 Å². The van der Waals surface area contributed by atoms with E-state index in [1.54, 1.807) is 0 Å². The van der Waals surface area contributed by atoms with Crippen LogP contribution in [0.2, 0.25) is 0 Å². The molecule has 4 aliphatic rings. The molecular formula is C46H54N8O6. The third-order valence-electron chi connectivity index (χ3n) is 13.4. The van der Waals surface area contributed by atoms with Crippen LogP contribution in [0.3, 0.4) is 0 Å². The van der Waals surface area contributed by atoms with Crippen molar-refractivity contribution in [3.05, 3.63) is 72.3 Å². The first-order valence-corrected chi connectivity index (χ1v) is 21.7. The molecular weight excluding hydrogens is 761 g/mol. The third-order valence-corrected chi connectivity index (χ3v) is 13.4. The van der Waals surface area contributed by atoms with Crippen molar-refractivity contribution in [3.8, 4) is 22.3 Å². The molecule has 2 aliphatic carbocycles. The Bertz CT molecular complexity index is 2210. The number of hydrogen-bond donors (Lipinski definition) is 4. The van der Waals surface area contributed by atoms with E-state index < -0.39 is 24.3 Å². The quantitative estimate of drug-likeness (QED) is 0.110. The fraction of sp³-hybridized carbons (Fsp3) is 0.478. The van der Waals surface area contributed by atoms with Gasteiger partial charge in [-0.1, -0.05) is 62.1 Å². The van der Waals surface area contributed by atoms with Crippen LogP contribution in [-0.4, -0.2) is 93.1 Å². The minimum Gasteiger partial charge on any atom is -0.453 e. The smallest absolute Gasteiger partial charge is 0.407 e. The van der Waals surface area contributed by atoms with Crippen molar-refractivity contribution in [1.82, 2.24) is 40.4 Å². The molecule has 5 aromatic rings. The number of carbonyl (C=O) groups excluding carboxylic acids is 4. The molecule has 0 spiro atoms. The van der Waals surface area contributed by atoms with Gasteiger partial charge in [-0.2, -0.15) is 0 Å². The number of ether oxygens (including phenoxy) is 2. The summed E-state index contributed by atoms with van der Waals surface area (Å²) < 4.78 is 9.77. The monoisotopic (exact) mass is 814 g/mol. The highest BCUT2D eigenvalue weighted by Crippen LogP contribution is 2.38. The molecule has 60 heavy (non-hydrogen) atoms. The first-order valence-electron chi connectivity index (χ1n) is 21.7. The van der Waals surface area contributed by atoms with E-state index in [1.165, 1.54) is 14.2 Å². The van der Waals surface area contributed by atoms with E-state index in [-0.39, 0.29) is 35.7 Å². The lowest BCUT2D eigenvalue weighted by Crippen LogP contribution is -2.51. The summed E-state index contributed by atoms with van der Waals surface area (Å²) >= 11 is 0. The molecule has 3 aromatic carbocycles. The summed E-state index contributed by atoms with van der Waals surface area (Å²) in [5, 5.41) is 5.70. The number of methoxy groups -OCH3 is 2. The van der Waals surface area contributed by atoms with Gasteiger partial charge in [0.25, 0.3) is 0 Å². The summed E-state index contributed by atoms with van der Waals surface area (Å²) in [7, 11) is 2.66. The zero-order chi connectivity index (χ0) is 41.3. The molecule has 314 valence electrons. The predicted molar refractivity (Wildman–Crippen MR) is 227 cm³/mol. The normalized spacial score (nSPS) is 20.8. The van der Waals surface area contributed by atoms with E-state index in [0.29, 0.717) is 13.1 Å². The molecule has 14 heteroatoms. The van der Waals surface area contributed by atoms with E-state index in [4.69, 9.17) is 19.4 Å². The molecule has 4 amide bonds. The molecule has 14 nitrogen and oxygen atoms in total. The number of imidazole rings is 2. The fourth-order valence-corrected chi connectivity index (χ4v) is 10.3. The van der Waals surface area contributed by atoms with E-state index in [1.807, 2.05) is 21.9 Å². The Morgan fingerprint density at radius 1 is 0.567 bits per heavy atom. The van der Waals surface area contributed by atoms with E-state index in [9.17, 15) is 19.2 Å². The number of nitrogens with zero attached hydrogens (tertiary/aromatic N) is 4. The second kappa shape index (κ2) is 17.0. The number of benzene rings is 3. The Morgan fingerprint density at radius 2 is 0.950 bits per heavy atom. The Balaban J connectivity index is 0.898. The van der Waals surface area contributed by atoms with Gasteiger partial charge in [0.15, 0.2) is 0 Å². The Kier molecular flexibility index (Phi) is 11.2. The van der Waals surface area contributed by atoms with Crippen LogP contribution in [0.15, 0.2) is 60.7 Å². The highest BCUT2D eigenvalue weighted by molar-refractivity contribution is 5.89. The van der Waals surface area contributed by atoms with Crippen LogP contribution in [0.5, 0.6) is 0 Å². The van der Waals surface area contributed by atoms with Gasteiger partial charge in [-0.25, -0.2) is 19.6 Å². The number of amides is 4. The summed E-state index contributed by atoms with van der Waals surface area (Å²) in [4.78, 5) is 73.2. The van der Waals surface area contributed by atoms with Gasteiger partial charge < -0.3 is 39.9 Å². The van der Waals surface area contributed by atoms with E-state index in [0.717, 1.165) is 133 Å². The highest BCUT2D eigenvalue weighted by Gasteiger charge is 2.42. The lowest BCUT2D eigenvalue weighted by atomic mass is 9.96. The predicted octanol–water partition coefficient (Wildman–Crippen LogP) is 7.93. The molecule has 4 N–H and O–H groups in total. The summed E-state index contributed by atoms with van der Waals surface area (Å²) in [5.41, 5.74) is 7.72. The van der Waals surface area contributed by atoms with Crippen LogP contribution >= 0.6 is 0 Å². The summed E-state index contributed by atoms with van der Waals surface area (Å²) in [6.45, 7) is 1.24. The third kappa shape index (κ3) is 7.79. The second-order valence-electron chi connectivity index (χ2n) is 17.0. The van der Waals surface area contributed by atoms with Crippen LogP contribution < -0.4 is 10.6 Å². The maximum Gasteiger partial charge on any atom is 0.407 e. The summed E-state index contributed by atoms with van der Waals surface area (Å²) in [5.74, 6) is 1.62. The minimum absolute atomic E-state index is 0.0607. The number of nitrogens with one attached hydrogen (secondary N) is 4. The molecule has 2 saturated carbocycles. The summed E-state index contributed by atoms with van der Waals surface area (Å²) in [6, 6.07) is 19.3. The standard InChI is InChI=1S/C46H54N8O6/c1-59-45(57)51-39(29-9-3-4-10-29)43(55)53-23-7-13-37(53)41-47-33-21-19-31(25-35(33)49-41)27-15-17-28(18-16-27)32-20-22-34-36(26-32)50-42(48-34)38-14-8-24-54(38)44(56)40(52-46(58)60-2)30-11-5-6-12-30/h15-22,25-26,29-30,37-40H,3-14,23-24H2,1-2H3,(H,47,49)(H,48,50)(H,51,57)(H,52,58)/t37-,38-,39+,40+/m0/s1. The Morgan fingerprint density at radius 3 is 1.33 bits per heavy atom. The van der Waals surface area contributed by atoms with E-state index in [2.05, 4.69) is 69.1 Å². The number of aromatic amines is 2. The molecule has 4 atom stereocenters. The number of rotatable bonds is 10. The van der Waals surface area contributed by atoms with Crippen LogP contribution in [-0.2, 0) is 19.1 Å². The first kappa shape index (κ1) is 39.5. The van der Waals surface area contributed by atoms with Crippen molar-refractivity contribution in [2.75, 3.05) is 27.3 Å². The van der Waals surface area contributed by atoms with Crippen LogP contribution in [0.4, 0.5) is 9.59 Å². The molecule has 0 bridgehead atoms. The van der Waals surface area contributed by atoms with Gasteiger partial charge in [0, 0.05) is 13.1 Å². The Labute approximate surface area is 349 Å². The van der Waals surface area contributed by atoms with Gasteiger partial charge in [-0.15, -0.1) is 0 Å². The number of aromatic nitrogens is 4. The highest BCUT2D eigenvalue weighted by atomic mass is 16.5. The van der Waals surface area contributed by atoms with Gasteiger partial charge in [-0.05, 0) is 110 Å². The van der Waals surface area contributed by atoms with Crippen molar-refractivity contribution in [2.24, 2.45) is 11.8 Å². The zero-order valence-electron chi connectivity index (χ0n) is 34.4. The molecule has 0 unspecified atom stereocenters. The largest absolute Gasteiger partial charge is 0.453 e. The van der Waals surface area contributed by atoms with Gasteiger partial charge in [0.2, 0.25) is 11.8 Å². The lowest BCUT2D eigenvalue weighted by molar-refractivity contribution is -0.136. The maximum atomic E-state index is 14.0. The van der Waals surface area contributed by atoms with Crippen LogP contribution in [0, 0.1) is 11.8 Å². The SMILES string of the molecule is COC(=O)N[C@@H](C(=O)N1CCC[C@H]1c1nc2ccc(-c3ccc(-c4ccc5nc([C@@H]6CCCN6C(=O)[C@H](NC(=O)OC)C6CCCC6)[nH]c5c4)cc3)cc2[nH]1)C1CCCC1. The number of likely N-dealkylation sites (tertiary alicyclic amines) is 2. The first-order chi connectivity index (χ1) is 29.3. The Hall–Kier alpha value is -5.92. The lowest BCUT2D eigenvalue weighted by Gasteiger charge is -2.31. The number of H-pyrrole nitrogens is 2. The van der Waals surface area contributed by atoms with Crippen molar-refractivity contribution >= 4 is 46.1 Å². The molecule has 2 saturated heterocycles. The van der Waals surface area contributed by atoms with Crippen LogP contribution in [0.25, 0.3) is 44.3 Å². The van der Waals surface area contributed by atoms with Crippen molar-refractivity contribution < 1.29 is 28.7 Å². The number of alkyl carbamates (subject to hydrolysis) is 2. The van der Waals surface area contributed by atoms with Gasteiger partial charge in [0.05, 0.1) is 48.4 Å². The number of hydrogen-bond acceptors (Lipinski definition) is 8. The second-order valence-corrected chi connectivity index (χ2v) is 17.0.